The minimum Gasteiger partial charge on any atom is -0.359 e. The Kier molecular flexibility index (Phi) is 4.47. The van der Waals surface area contributed by atoms with Crippen LogP contribution in [0.5, 0.6) is 0 Å². The molecule has 17 heavy (non-hydrogen) atoms. The maximum atomic E-state index is 11.7. The number of hydrogen-bond donors (Lipinski definition) is 3. The van der Waals surface area contributed by atoms with Crippen molar-refractivity contribution in [2.75, 3.05) is 26.7 Å². The SMILES string of the molecule is CNC(=O)C1(C)CCN(CC(C)C(=O)NN)C1. The van der Waals surface area contributed by atoms with E-state index in [4.69, 9.17) is 5.84 Å². The second-order valence-electron chi connectivity index (χ2n) is 5.03. The van der Waals surface area contributed by atoms with Crippen molar-refractivity contribution in [3.05, 3.63) is 0 Å². The number of likely N-dealkylation sites (tertiary alicyclic amines) is 1. The average Bonchev–Trinajstić information content (AvgIpc) is 2.69. The zero-order valence-electron chi connectivity index (χ0n) is 10.7. The maximum absolute atomic E-state index is 11.7. The summed E-state index contributed by atoms with van der Waals surface area (Å²) in [6.07, 6.45) is 0.823. The van der Waals surface area contributed by atoms with Crippen LogP contribution in [0.15, 0.2) is 0 Å². The molecule has 2 amide bonds. The molecule has 0 aromatic rings. The first kappa shape index (κ1) is 13.9. The molecule has 0 radical (unpaired) electrons. The van der Waals surface area contributed by atoms with Gasteiger partial charge in [-0.05, 0) is 19.9 Å². The standard InChI is InChI=1S/C11H22N4O2/c1-8(9(16)14-12)6-15-5-4-11(2,7-15)10(17)13-3/h8H,4-7,12H2,1-3H3,(H,13,17)(H,14,16). The van der Waals surface area contributed by atoms with Gasteiger partial charge in [-0.2, -0.15) is 0 Å². The maximum Gasteiger partial charge on any atom is 0.237 e. The number of rotatable bonds is 4. The summed E-state index contributed by atoms with van der Waals surface area (Å²) in [6, 6.07) is 0. The highest BCUT2D eigenvalue weighted by molar-refractivity contribution is 5.82. The molecule has 2 unspecified atom stereocenters. The molecule has 4 N–H and O–H groups in total. The predicted octanol–water partition coefficient (Wildman–Crippen LogP) is -0.930. The average molecular weight is 242 g/mol. The van der Waals surface area contributed by atoms with Crippen LogP contribution in [0.4, 0.5) is 0 Å². The molecule has 0 saturated carbocycles. The lowest BCUT2D eigenvalue weighted by atomic mass is 9.89. The van der Waals surface area contributed by atoms with Crippen LogP contribution in [0.2, 0.25) is 0 Å². The number of nitrogens with two attached hydrogens (primary N) is 1. The lowest BCUT2D eigenvalue weighted by Crippen LogP contribution is -2.42. The van der Waals surface area contributed by atoms with Gasteiger partial charge >= 0.3 is 0 Å². The van der Waals surface area contributed by atoms with Crippen molar-refractivity contribution >= 4 is 11.8 Å². The van der Waals surface area contributed by atoms with Crippen molar-refractivity contribution < 1.29 is 9.59 Å². The Bertz CT molecular complexity index is 308. The molecule has 98 valence electrons. The molecule has 1 saturated heterocycles. The molecule has 6 heteroatoms. The Balaban J connectivity index is 2.51. The Morgan fingerprint density at radius 3 is 2.71 bits per heavy atom. The highest BCUT2D eigenvalue weighted by Gasteiger charge is 2.40. The Morgan fingerprint density at radius 1 is 1.53 bits per heavy atom. The fourth-order valence-electron chi connectivity index (χ4n) is 2.31. The predicted molar refractivity (Wildman–Crippen MR) is 64.7 cm³/mol. The number of hydrazine groups is 1. The molecular weight excluding hydrogens is 220 g/mol. The van der Waals surface area contributed by atoms with Crippen LogP contribution in [0.25, 0.3) is 0 Å². The van der Waals surface area contributed by atoms with Crippen molar-refractivity contribution in [2.45, 2.75) is 20.3 Å². The van der Waals surface area contributed by atoms with E-state index in [-0.39, 0.29) is 23.1 Å². The summed E-state index contributed by atoms with van der Waals surface area (Å²) >= 11 is 0. The van der Waals surface area contributed by atoms with E-state index in [9.17, 15) is 9.59 Å². The van der Waals surface area contributed by atoms with Gasteiger partial charge in [0.15, 0.2) is 0 Å². The van der Waals surface area contributed by atoms with Crippen molar-refractivity contribution in [2.24, 2.45) is 17.2 Å². The van der Waals surface area contributed by atoms with Crippen molar-refractivity contribution in [3.63, 3.8) is 0 Å². The molecule has 0 aromatic heterocycles. The zero-order chi connectivity index (χ0) is 13.1. The van der Waals surface area contributed by atoms with Crippen molar-refractivity contribution in [1.82, 2.24) is 15.6 Å². The van der Waals surface area contributed by atoms with Gasteiger partial charge in [-0.25, -0.2) is 5.84 Å². The molecule has 0 bridgehead atoms. The van der Waals surface area contributed by atoms with E-state index in [2.05, 4.69) is 15.6 Å². The van der Waals surface area contributed by atoms with Gasteiger partial charge in [0.05, 0.1) is 5.41 Å². The fraction of sp³-hybridized carbons (Fsp3) is 0.818. The van der Waals surface area contributed by atoms with Crippen LogP contribution >= 0.6 is 0 Å². The minimum absolute atomic E-state index is 0.0657. The lowest BCUT2D eigenvalue weighted by molar-refractivity contribution is -0.129. The quantitative estimate of drug-likeness (QED) is 0.338. The first-order chi connectivity index (χ1) is 7.92. The van der Waals surface area contributed by atoms with E-state index >= 15 is 0 Å². The van der Waals surface area contributed by atoms with Gasteiger partial charge in [0, 0.05) is 26.1 Å². The Morgan fingerprint density at radius 2 is 2.18 bits per heavy atom. The summed E-state index contributed by atoms with van der Waals surface area (Å²) in [5.74, 6) is 4.83. The van der Waals surface area contributed by atoms with Crippen LogP contribution in [0, 0.1) is 11.3 Å². The summed E-state index contributed by atoms with van der Waals surface area (Å²) in [7, 11) is 1.65. The first-order valence-corrected chi connectivity index (χ1v) is 5.88. The summed E-state index contributed by atoms with van der Waals surface area (Å²) in [5.41, 5.74) is 1.81. The second-order valence-corrected chi connectivity index (χ2v) is 5.03. The number of hydrogen-bond acceptors (Lipinski definition) is 4. The van der Waals surface area contributed by atoms with Crippen LogP contribution in [-0.4, -0.2) is 43.4 Å². The van der Waals surface area contributed by atoms with E-state index in [0.717, 1.165) is 13.0 Å². The fourth-order valence-corrected chi connectivity index (χ4v) is 2.31. The number of nitrogens with zero attached hydrogens (tertiary/aromatic N) is 1. The normalized spacial score (nSPS) is 26.6. The molecule has 1 heterocycles. The summed E-state index contributed by atoms with van der Waals surface area (Å²) in [5, 5.41) is 2.69. The van der Waals surface area contributed by atoms with E-state index in [0.29, 0.717) is 13.1 Å². The number of amides is 2. The number of nitrogens with one attached hydrogen (secondary N) is 2. The van der Waals surface area contributed by atoms with Crippen LogP contribution in [0.1, 0.15) is 20.3 Å². The summed E-state index contributed by atoms with van der Waals surface area (Å²) < 4.78 is 0. The first-order valence-electron chi connectivity index (χ1n) is 5.88. The molecule has 6 nitrogen and oxygen atoms in total. The third-order valence-corrected chi connectivity index (χ3v) is 3.45. The number of carbonyl (C=O) groups is 2. The molecule has 1 fully saturated rings. The van der Waals surface area contributed by atoms with Gasteiger partial charge in [0.2, 0.25) is 11.8 Å². The molecule has 0 aromatic carbocycles. The van der Waals surface area contributed by atoms with E-state index in [1.807, 2.05) is 13.8 Å². The van der Waals surface area contributed by atoms with Gasteiger partial charge in [0.25, 0.3) is 0 Å². The molecule has 1 aliphatic rings. The molecule has 0 spiro atoms. The van der Waals surface area contributed by atoms with E-state index in [1.165, 1.54) is 0 Å². The van der Waals surface area contributed by atoms with Gasteiger partial charge in [-0.1, -0.05) is 6.92 Å². The zero-order valence-corrected chi connectivity index (χ0v) is 10.7. The van der Waals surface area contributed by atoms with Crippen LogP contribution in [-0.2, 0) is 9.59 Å². The molecule has 2 atom stereocenters. The van der Waals surface area contributed by atoms with Crippen LogP contribution < -0.4 is 16.6 Å². The van der Waals surface area contributed by atoms with Gasteiger partial charge in [0.1, 0.15) is 0 Å². The topological polar surface area (TPSA) is 87.5 Å². The van der Waals surface area contributed by atoms with Gasteiger partial charge < -0.3 is 10.2 Å². The van der Waals surface area contributed by atoms with Crippen molar-refractivity contribution in [3.8, 4) is 0 Å². The monoisotopic (exact) mass is 242 g/mol. The minimum atomic E-state index is -0.340. The summed E-state index contributed by atoms with van der Waals surface area (Å²) in [4.78, 5) is 25.2. The highest BCUT2D eigenvalue weighted by atomic mass is 16.2. The van der Waals surface area contributed by atoms with Gasteiger partial charge in [-0.15, -0.1) is 0 Å². The third-order valence-electron chi connectivity index (χ3n) is 3.45. The lowest BCUT2D eigenvalue weighted by Gasteiger charge is -2.24. The van der Waals surface area contributed by atoms with E-state index in [1.54, 1.807) is 7.05 Å². The van der Waals surface area contributed by atoms with Gasteiger partial charge in [-0.3, -0.25) is 15.0 Å². The molecule has 1 rings (SSSR count). The third kappa shape index (κ3) is 3.17. The second kappa shape index (κ2) is 5.46. The van der Waals surface area contributed by atoms with E-state index < -0.39 is 0 Å². The van der Waals surface area contributed by atoms with Crippen LogP contribution in [0.3, 0.4) is 0 Å². The number of carbonyl (C=O) groups excluding carboxylic acids is 2. The Hall–Kier alpha value is -1.14. The molecule has 0 aliphatic carbocycles. The molecular formula is C11H22N4O2. The smallest absolute Gasteiger partial charge is 0.237 e. The summed E-state index contributed by atoms with van der Waals surface area (Å²) in [6.45, 7) is 5.95. The highest BCUT2D eigenvalue weighted by Crippen LogP contribution is 2.30. The largest absolute Gasteiger partial charge is 0.359 e. The Labute approximate surface area is 102 Å². The van der Waals surface area contributed by atoms with Crippen molar-refractivity contribution in [1.29, 1.82) is 0 Å². The molecule has 1 aliphatic heterocycles.